The molecule has 1 aliphatic rings. The van der Waals surface area contributed by atoms with Crippen LogP contribution in [0.1, 0.15) is 0 Å². The van der Waals surface area contributed by atoms with Crippen LogP contribution in [0, 0.1) is 5.21 Å². The minimum absolute atomic E-state index is 0.703. The van der Waals surface area contributed by atoms with Crippen LogP contribution in [-0.4, -0.2) is 26.3 Å². The van der Waals surface area contributed by atoms with E-state index in [1.54, 1.807) is 6.07 Å². The van der Waals surface area contributed by atoms with Gasteiger partial charge in [0, 0.05) is 6.07 Å². The van der Waals surface area contributed by atoms with Gasteiger partial charge >= 0.3 is 0 Å². The predicted molar refractivity (Wildman–Crippen MR) is 48.4 cm³/mol. The van der Waals surface area contributed by atoms with Gasteiger partial charge in [-0.1, -0.05) is 6.07 Å². The monoisotopic (exact) mass is 180 g/mol. The number of pyridine rings is 1. The van der Waals surface area contributed by atoms with E-state index < -0.39 is 0 Å². The molecule has 0 unspecified atom stereocenters. The van der Waals surface area contributed by atoms with Crippen LogP contribution in [0.3, 0.4) is 0 Å². The average molecular weight is 180 g/mol. The highest BCUT2D eigenvalue weighted by Crippen LogP contribution is 2.08. The van der Waals surface area contributed by atoms with Crippen molar-refractivity contribution in [1.29, 1.82) is 0 Å². The van der Waals surface area contributed by atoms with Gasteiger partial charge in [0.25, 0.3) is 5.82 Å². The highest BCUT2D eigenvalue weighted by Gasteiger charge is 2.19. The fraction of sp³-hybridized carbons (Fsp3) is 0.444. The molecule has 0 N–H and O–H groups in total. The van der Waals surface area contributed by atoms with E-state index in [0.717, 1.165) is 17.8 Å². The molecule has 0 amide bonds. The van der Waals surface area contributed by atoms with Crippen molar-refractivity contribution in [3.05, 3.63) is 29.6 Å². The average Bonchev–Trinajstić information content (AvgIpc) is 2.20. The molecule has 0 aromatic carbocycles. The van der Waals surface area contributed by atoms with E-state index in [4.69, 9.17) is 4.74 Å². The van der Waals surface area contributed by atoms with Crippen molar-refractivity contribution in [3.63, 3.8) is 0 Å². The van der Waals surface area contributed by atoms with Gasteiger partial charge in [-0.15, -0.1) is 0 Å². The minimum atomic E-state index is 0.703. The van der Waals surface area contributed by atoms with Gasteiger partial charge in [-0.3, -0.25) is 4.90 Å². The summed E-state index contributed by atoms with van der Waals surface area (Å²) in [5.74, 6) is 0.714. The van der Waals surface area contributed by atoms with Crippen LogP contribution in [-0.2, 0) is 4.74 Å². The van der Waals surface area contributed by atoms with Crippen LogP contribution in [0.4, 0.5) is 5.82 Å². The highest BCUT2D eigenvalue weighted by molar-refractivity contribution is 5.32. The Balaban J connectivity index is 2.18. The van der Waals surface area contributed by atoms with Gasteiger partial charge in [-0.2, -0.15) is 0 Å². The Morgan fingerprint density at radius 3 is 2.77 bits per heavy atom. The Morgan fingerprint density at radius 1 is 1.31 bits per heavy atom. The van der Waals surface area contributed by atoms with Crippen LogP contribution in [0.5, 0.6) is 0 Å². The smallest absolute Gasteiger partial charge is 0.279 e. The van der Waals surface area contributed by atoms with Crippen molar-refractivity contribution in [1.82, 2.24) is 0 Å². The summed E-state index contributed by atoms with van der Waals surface area (Å²) < 4.78 is 6.10. The van der Waals surface area contributed by atoms with E-state index in [0.29, 0.717) is 19.0 Å². The topological polar surface area (TPSA) is 39.4 Å². The first kappa shape index (κ1) is 8.31. The molecular weight excluding hydrogens is 168 g/mol. The molecule has 0 bridgehead atoms. The van der Waals surface area contributed by atoms with Crippen molar-refractivity contribution in [3.8, 4) is 0 Å². The van der Waals surface area contributed by atoms with Gasteiger partial charge in [-0.25, -0.2) is 4.73 Å². The third kappa shape index (κ3) is 1.72. The van der Waals surface area contributed by atoms with Crippen LogP contribution < -0.4 is 9.63 Å². The number of hydrogen-bond donors (Lipinski definition) is 0. The van der Waals surface area contributed by atoms with Crippen molar-refractivity contribution >= 4 is 5.82 Å². The number of anilines is 1. The molecule has 2 rings (SSSR count). The summed E-state index contributed by atoms with van der Waals surface area (Å²) in [6.07, 6.45) is 1.52. The molecule has 1 aromatic rings. The summed E-state index contributed by atoms with van der Waals surface area (Å²) in [6, 6.07) is 5.44. The quantitative estimate of drug-likeness (QED) is 0.456. The molecule has 1 fully saturated rings. The number of rotatable bonds is 1. The second kappa shape index (κ2) is 3.62. The molecule has 4 nitrogen and oxygen atoms in total. The summed E-state index contributed by atoms with van der Waals surface area (Å²) in [7, 11) is 0. The van der Waals surface area contributed by atoms with E-state index in [1.165, 1.54) is 6.20 Å². The van der Waals surface area contributed by atoms with Gasteiger partial charge in [0.1, 0.15) is 13.1 Å². The van der Waals surface area contributed by atoms with Gasteiger partial charge in [0.15, 0.2) is 0 Å². The molecule has 13 heavy (non-hydrogen) atoms. The zero-order chi connectivity index (χ0) is 9.10. The number of nitrogens with zero attached hydrogens (tertiary/aromatic N) is 2. The highest BCUT2D eigenvalue weighted by atomic mass is 16.5. The molecule has 0 radical (unpaired) electrons. The second-order valence-electron chi connectivity index (χ2n) is 2.98. The van der Waals surface area contributed by atoms with E-state index in [9.17, 15) is 5.21 Å². The second-order valence-corrected chi connectivity index (χ2v) is 2.98. The molecule has 0 atom stereocenters. The molecule has 70 valence electrons. The first-order valence-electron chi connectivity index (χ1n) is 4.39. The van der Waals surface area contributed by atoms with E-state index in [-0.39, 0.29) is 0 Å². The Bertz CT molecular complexity index is 285. The standard InChI is InChI=1S/C9H12N2O2/c12-11-4-2-1-3-9(11)10-5-7-13-8-6-10/h1-4H,5-8H2. The largest absolute Gasteiger partial charge is 0.711 e. The minimum Gasteiger partial charge on any atom is -0.711 e. The molecule has 1 aliphatic heterocycles. The molecule has 1 saturated heterocycles. The van der Waals surface area contributed by atoms with Gasteiger partial charge in [0.2, 0.25) is 0 Å². The summed E-state index contributed by atoms with van der Waals surface area (Å²) in [5.41, 5.74) is 0. The zero-order valence-corrected chi connectivity index (χ0v) is 7.35. The lowest BCUT2D eigenvalue weighted by Crippen LogP contribution is -2.43. The number of ether oxygens (including phenoxy) is 1. The fourth-order valence-corrected chi connectivity index (χ4v) is 1.46. The van der Waals surface area contributed by atoms with E-state index in [1.807, 2.05) is 17.0 Å². The van der Waals surface area contributed by atoms with Crippen LogP contribution in [0.25, 0.3) is 0 Å². The summed E-state index contributed by atoms with van der Waals surface area (Å²) >= 11 is 0. The normalized spacial score (nSPS) is 17.4. The maximum atomic E-state index is 11.4. The van der Waals surface area contributed by atoms with Gasteiger partial charge in [0.05, 0.1) is 19.4 Å². The van der Waals surface area contributed by atoms with Gasteiger partial charge < -0.3 is 9.94 Å². The van der Waals surface area contributed by atoms with Crippen molar-refractivity contribution in [2.45, 2.75) is 0 Å². The Labute approximate surface area is 76.9 Å². The first-order chi connectivity index (χ1) is 6.38. The Kier molecular flexibility index (Phi) is 2.31. The maximum Gasteiger partial charge on any atom is 0.279 e. The zero-order valence-electron chi connectivity index (χ0n) is 7.35. The summed E-state index contributed by atoms with van der Waals surface area (Å²) in [5, 5.41) is 11.4. The third-order valence-electron chi connectivity index (χ3n) is 2.14. The predicted octanol–water partition coefficient (Wildman–Crippen LogP) is 0.157. The summed E-state index contributed by atoms with van der Waals surface area (Å²) in [6.45, 7) is 3.00. The van der Waals surface area contributed by atoms with E-state index >= 15 is 0 Å². The molecule has 0 aliphatic carbocycles. The molecule has 0 spiro atoms. The first-order valence-corrected chi connectivity index (χ1v) is 4.39. The van der Waals surface area contributed by atoms with Crippen molar-refractivity contribution < 1.29 is 9.47 Å². The van der Waals surface area contributed by atoms with Gasteiger partial charge in [-0.05, 0) is 6.07 Å². The van der Waals surface area contributed by atoms with Crippen molar-refractivity contribution in [2.75, 3.05) is 31.2 Å². The SMILES string of the molecule is [O-][n+]1ccccc1N1CCOCC1. The van der Waals surface area contributed by atoms with Crippen LogP contribution >= 0.6 is 0 Å². The van der Waals surface area contributed by atoms with Crippen LogP contribution in [0.2, 0.25) is 0 Å². The van der Waals surface area contributed by atoms with Crippen LogP contribution in [0.15, 0.2) is 24.4 Å². The molecule has 0 saturated carbocycles. The lowest BCUT2D eigenvalue weighted by Gasteiger charge is -2.24. The molecular formula is C9H12N2O2. The molecule has 1 aromatic heterocycles. The molecule has 2 heterocycles. The fourth-order valence-electron chi connectivity index (χ4n) is 1.46. The number of hydrogen-bond acceptors (Lipinski definition) is 3. The lowest BCUT2D eigenvalue weighted by atomic mass is 10.4. The van der Waals surface area contributed by atoms with E-state index in [2.05, 4.69) is 0 Å². The lowest BCUT2D eigenvalue weighted by molar-refractivity contribution is -0.592. The number of morpholine rings is 1. The number of aromatic nitrogens is 1. The Morgan fingerprint density at radius 2 is 2.08 bits per heavy atom. The summed E-state index contributed by atoms with van der Waals surface area (Å²) in [4.78, 5) is 2.04. The maximum absolute atomic E-state index is 11.4. The Hall–Kier alpha value is -1.29. The molecule has 4 heteroatoms. The third-order valence-corrected chi connectivity index (χ3v) is 2.14. The van der Waals surface area contributed by atoms with Crippen molar-refractivity contribution in [2.24, 2.45) is 0 Å².